The van der Waals surface area contributed by atoms with Gasteiger partial charge >= 0.3 is 0 Å². The molecule has 8 heteroatoms. The van der Waals surface area contributed by atoms with Crippen LogP contribution >= 0.6 is 0 Å². The summed E-state index contributed by atoms with van der Waals surface area (Å²) < 4.78 is 5.46. The molecule has 3 rings (SSSR count). The molecule has 0 bridgehead atoms. The number of nitrogens with zero attached hydrogens (tertiary/aromatic N) is 3. The molecule has 1 heterocycles. The van der Waals surface area contributed by atoms with E-state index in [1.54, 1.807) is 27.7 Å². The lowest BCUT2D eigenvalue weighted by Gasteiger charge is -2.36. The molecule has 0 spiro atoms. The zero-order valence-electron chi connectivity index (χ0n) is 11.8. The molecule has 2 aliphatic carbocycles. The Hall–Kier alpha value is -0.890. The van der Waals surface area contributed by atoms with E-state index in [0.717, 1.165) is 0 Å². The Labute approximate surface area is 115 Å². The molecule has 0 aromatic rings. The zero-order chi connectivity index (χ0) is 15.4. The minimum Gasteiger partial charge on any atom is -0.383 e. The van der Waals surface area contributed by atoms with Crippen LogP contribution in [-0.4, -0.2) is 55.7 Å². The van der Waals surface area contributed by atoms with Crippen molar-refractivity contribution >= 4 is 0 Å². The average molecular weight is 285 g/mol. The lowest BCUT2D eigenvalue weighted by atomic mass is 9.93. The van der Waals surface area contributed by atoms with E-state index >= 15 is 0 Å². The largest absolute Gasteiger partial charge is 0.383 e. The summed E-state index contributed by atoms with van der Waals surface area (Å²) >= 11 is 0. The maximum atomic E-state index is 10.9. The second kappa shape index (κ2) is 2.99. The van der Waals surface area contributed by atoms with Crippen molar-refractivity contribution in [1.29, 1.82) is 0 Å². The van der Waals surface area contributed by atoms with Crippen LogP contribution in [0.2, 0.25) is 0 Å². The molecule has 0 unspecified atom stereocenters. The van der Waals surface area contributed by atoms with E-state index in [1.807, 2.05) is 0 Å². The van der Waals surface area contributed by atoms with Gasteiger partial charge < -0.3 is 25.2 Å². The highest BCUT2D eigenvalue weighted by Gasteiger charge is 3.07. The van der Waals surface area contributed by atoms with Gasteiger partial charge in [-0.2, -0.15) is 0 Å². The van der Waals surface area contributed by atoms with Crippen molar-refractivity contribution in [3.63, 3.8) is 0 Å². The van der Waals surface area contributed by atoms with E-state index in [9.17, 15) is 20.4 Å². The molecule has 5 atom stereocenters. The number of hydrogen-bond donors (Lipinski definition) is 4. The van der Waals surface area contributed by atoms with Crippen molar-refractivity contribution in [2.45, 2.75) is 56.4 Å². The first-order valence-electron chi connectivity index (χ1n) is 6.50. The summed E-state index contributed by atoms with van der Waals surface area (Å²) in [5.41, 5.74) is 0.462. The molecule has 0 amide bonds. The lowest BCUT2D eigenvalue weighted by molar-refractivity contribution is -0.283. The molecule has 3 aliphatic rings. The van der Waals surface area contributed by atoms with E-state index in [-0.39, 0.29) is 6.54 Å². The Balaban J connectivity index is 2.15. The minimum absolute atomic E-state index is 0.243. The van der Waals surface area contributed by atoms with Crippen LogP contribution in [0.4, 0.5) is 0 Å². The number of rotatable bonds is 2. The molecule has 1 saturated heterocycles. The van der Waals surface area contributed by atoms with Crippen LogP contribution in [0.25, 0.3) is 10.4 Å². The Morgan fingerprint density at radius 2 is 1.60 bits per heavy atom. The van der Waals surface area contributed by atoms with Crippen LogP contribution in [0.15, 0.2) is 5.11 Å². The van der Waals surface area contributed by atoms with Crippen molar-refractivity contribution in [2.75, 3.05) is 6.54 Å². The second-order valence-electron chi connectivity index (χ2n) is 7.10. The Bertz CT molecular complexity index is 559. The fraction of sp³-hybridized carbons (Fsp3) is 1.00. The van der Waals surface area contributed by atoms with E-state index in [1.165, 1.54) is 0 Å². The van der Waals surface area contributed by atoms with Crippen LogP contribution in [0, 0.1) is 10.8 Å². The smallest absolute Gasteiger partial charge is 0.207 e. The standard InChI is InChI=1S/C12H19N3O5/c1-7(2)9(16)6(5-14-15-13)20-12(19)8(3,4)11(12,18)10(7,9)17/h6,16-19H,5H2,1-4H3/t6-,9-,10+,11-,12+/m1/s1. The third kappa shape index (κ3) is 0.831. The molecule has 2 saturated carbocycles. The SMILES string of the molecule is CC1(C)[C@@]2(O)[C@]3(O)C(C)(C)[C@]3(O)[C@@H](CN=[N+]=[N-])O[C@@]12O. The number of azide groups is 1. The van der Waals surface area contributed by atoms with E-state index in [4.69, 9.17) is 10.3 Å². The fourth-order valence-corrected chi connectivity index (χ4v) is 4.52. The van der Waals surface area contributed by atoms with Crippen LogP contribution in [-0.2, 0) is 4.74 Å². The van der Waals surface area contributed by atoms with Gasteiger partial charge in [0.15, 0.2) is 5.60 Å². The summed E-state index contributed by atoms with van der Waals surface area (Å²) in [5.74, 6) is -1.98. The van der Waals surface area contributed by atoms with Gasteiger partial charge in [-0.3, -0.25) is 0 Å². The number of hydrogen-bond acceptors (Lipinski definition) is 6. The van der Waals surface area contributed by atoms with Gasteiger partial charge in [-0.05, 0) is 5.53 Å². The molecule has 20 heavy (non-hydrogen) atoms. The van der Waals surface area contributed by atoms with Crippen LogP contribution in [0.5, 0.6) is 0 Å². The first-order valence-corrected chi connectivity index (χ1v) is 6.50. The van der Waals surface area contributed by atoms with Gasteiger partial charge in [0.25, 0.3) is 0 Å². The summed E-state index contributed by atoms with van der Waals surface area (Å²) in [6, 6.07) is 0. The first-order chi connectivity index (χ1) is 8.92. The van der Waals surface area contributed by atoms with Gasteiger partial charge in [0.1, 0.15) is 11.2 Å². The number of aliphatic hydroxyl groups is 4. The van der Waals surface area contributed by atoms with Crippen molar-refractivity contribution in [3.8, 4) is 0 Å². The van der Waals surface area contributed by atoms with Crippen LogP contribution in [0.3, 0.4) is 0 Å². The summed E-state index contributed by atoms with van der Waals surface area (Å²) in [5, 5.41) is 46.4. The maximum Gasteiger partial charge on any atom is 0.207 e. The van der Waals surface area contributed by atoms with E-state index in [0.29, 0.717) is 0 Å². The van der Waals surface area contributed by atoms with E-state index in [2.05, 4.69) is 10.0 Å². The molecule has 112 valence electrons. The van der Waals surface area contributed by atoms with Crippen molar-refractivity contribution < 1.29 is 25.2 Å². The molecular weight excluding hydrogens is 266 g/mol. The van der Waals surface area contributed by atoms with Crippen molar-refractivity contribution in [1.82, 2.24) is 0 Å². The normalized spacial score (nSPS) is 57.1. The highest BCUT2D eigenvalue weighted by Crippen LogP contribution is 2.86. The molecule has 0 aromatic carbocycles. The maximum absolute atomic E-state index is 10.9. The van der Waals surface area contributed by atoms with E-state index < -0.39 is 39.5 Å². The summed E-state index contributed by atoms with van der Waals surface area (Å²) in [6.45, 7) is 6.02. The monoisotopic (exact) mass is 285 g/mol. The second-order valence-corrected chi connectivity index (χ2v) is 7.10. The molecular formula is C12H19N3O5. The third-order valence-electron chi connectivity index (χ3n) is 6.14. The van der Waals surface area contributed by atoms with Crippen LogP contribution in [0.1, 0.15) is 27.7 Å². The summed E-state index contributed by atoms with van der Waals surface area (Å²) in [6.07, 6.45) is -1.09. The number of fused-ring (bicyclic) bond motifs is 3. The van der Waals surface area contributed by atoms with Crippen molar-refractivity contribution in [3.05, 3.63) is 10.4 Å². The van der Waals surface area contributed by atoms with Gasteiger partial charge in [-0.15, -0.1) is 0 Å². The first kappa shape index (κ1) is 14.1. The quantitative estimate of drug-likeness (QED) is 0.312. The molecule has 0 aromatic heterocycles. The Morgan fingerprint density at radius 3 is 2.10 bits per heavy atom. The zero-order valence-corrected chi connectivity index (χ0v) is 11.8. The highest BCUT2D eigenvalue weighted by atomic mass is 16.7. The van der Waals surface area contributed by atoms with Crippen LogP contribution < -0.4 is 0 Å². The minimum atomic E-state index is -1.98. The third-order valence-corrected chi connectivity index (χ3v) is 6.14. The molecule has 4 N–H and O–H groups in total. The Kier molecular flexibility index (Phi) is 2.10. The Morgan fingerprint density at radius 1 is 1.05 bits per heavy atom. The summed E-state index contributed by atoms with van der Waals surface area (Å²) in [7, 11) is 0. The predicted octanol–water partition coefficient (Wildman–Crippen LogP) is -0.343. The van der Waals surface area contributed by atoms with Gasteiger partial charge in [0.05, 0.1) is 18.1 Å². The topological polar surface area (TPSA) is 139 Å². The van der Waals surface area contributed by atoms with Crippen molar-refractivity contribution in [2.24, 2.45) is 15.9 Å². The molecule has 3 fully saturated rings. The van der Waals surface area contributed by atoms with Gasteiger partial charge in [0.2, 0.25) is 5.79 Å². The lowest BCUT2D eigenvalue weighted by Crippen LogP contribution is -2.58. The molecule has 8 nitrogen and oxygen atoms in total. The predicted molar refractivity (Wildman–Crippen MR) is 66.2 cm³/mol. The fourth-order valence-electron chi connectivity index (χ4n) is 4.52. The van der Waals surface area contributed by atoms with Gasteiger partial charge in [-0.1, -0.05) is 32.8 Å². The molecule has 0 radical (unpaired) electrons. The highest BCUT2D eigenvalue weighted by molar-refractivity contribution is 5.53. The summed E-state index contributed by atoms with van der Waals surface area (Å²) in [4.78, 5) is 2.61. The average Bonchev–Trinajstić information content (AvgIpc) is 2.90. The van der Waals surface area contributed by atoms with Gasteiger partial charge in [0, 0.05) is 10.3 Å². The van der Waals surface area contributed by atoms with Gasteiger partial charge in [-0.25, -0.2) is 0 Å². The number of ether oxygens (including phenoxy) is 1. The molecule has 1 aliphatic heterocycles.